The Morgan fingerprint density at radius 1 is 1.14 bits per heavy atom. The smallest absolute Gasteiger partial charge is 0.227 e. The maximum atomic E-state index is 13.6. The molecule has 2 aromatic rings. The van der Waals surface area contributed by atoms with Gasteiger partial charge in [0.05, 0.1) is 0 Å². The molecule has 0 atom stereocenters. The summed E-state index contributed by atoms with van der Waals surface area (Å²) in [6, 6.07) is 12.1. The molecule has 0 radical (unpaired) electrons. The van der Waals surface area contributed by atoms with E-state index in [0.29, 0.717) is 11.3 Å². The SMILES string of the molecule is O=C(Nc1ccc(F)cc1-c1ccc(Br)cc1)C1CCC1. The molecule has 0 aliphatic heterocycles. The Balaban J connectivity index is 1.92. The molecule has 1 amide bonds. The topological polar surface area (TPSA) is 29.1 Å². The molecule has 3 rings (SSSR count). The Labute approximate surface area is 131 Å². The zero-order valence-electron chi connectivity index (χ0n) is 11.4. The fourth-order valence-electron chi connectivity index (χ4n) is 2.40. The van der Waals surface area contributed by atoms with Crippen LogP contribution >= 0.6 is 15.9 Å². The van der Waals surface area contributed by atoms with Gasteiger partial charge in [-0.1, -0.05) is 34.5 Å². The molecule has 0 unspecified atom stereocenters. The first-order valence-corrected chi connectivity index (χ1v) is 7.79. The highest BCUT2D eigenvalue weighted by Gasteiger charge is 2.25. The second kappa shape index (κ2) is 5.98. The van der Waals surface area contributed by atoms with E-state index >= 15 is 0 Å². The number of carbonyl (C=O) groups is 1. The summed E-state index contributed by atoms with van der Waals surface area (Å²) in [5, 5.41) is 2.94. The van der Waals surface area contributed by atoms with Crippen molar-refractivity contribution in [3.8, 4) is 11.1 Å². The third-order valence-electron chi connectivity index (χ3n) is 3.87. The third-order valence-corrected chi connectivity index (χ3v) is 4.40. The lowest BCUT2D eigenvalue weighted by Gasteiger charge is -2.24. The van der Waals surface area contributed by atoms with Gasteiger partial charge >= 0.3 is 0 Å². The highest BCUT2D eigenvalue weighted by Crippen LogP contribution is 2.32. The minimum absolute atomic E-state index is 0.0335. The van der Waals surface area contributed by atoms with E-state index in [1.807, 2.05) is 24.3 Å². The molecular weight excluding hydrogens is 333 g/mol. The second-order valence-electron chi connectivity index (χ2n) is 5.31. The van der Waals surface area contributed by atoms with Crippen molar-refractivity contribution in [3.63, 3.8) is 0 Å². The molecule has 1 aliphatic rings. The Kier molecular flexibility index (Phi) is 4.06. The molecule has 0 bridgehead atoms. The predicted molar refractivity (Wildman–Crippen MR) is 85.5 cm³/mol. The molecule has 0 saturated heterocycles. The van der Waals surface area contributed by atoms with Gasteiger partial charge in [0, 0.05) is 21.6 Å². The lowest BCUT2D eigenvalue weighted by Crippen LogP contribution is -2.28. The van der Waals surface area contributed by atoms with Gasteiger partial charge in [-0.2, -0.15) is 0 Å². The van der Waals surface area contributed by atoms with Crippen LogP contribution in [0.15, 0.2) is 46.9 Å². The van der Waals surface area contributed by atoms with Crippen LogP contribution in [0.3, 0.4) is 0 Å². The fourth-order valence-corrected chi connectivity index (χ4v) is 2.66. The van der Waals surface area contributed by atoms with Gasteiger partial charge < -0.3 is 5.32 Å². The average molecular weight is 348 g/mol. The first kappa shape index (κ1) is 14.3. The first-order valence-electron chi connectivity index (χ1n) is 7.00. The first-order chi connectivity index (χ1) is 10.1. The maximum Gasteiger partial charge on any atom is 0.227 e. The number of nitrogens with one attached hydrogen (secondary N) is 1. The summed E-state index contributed by atoms with van der Waals surface area (Å²) in [5.74, 6) is -0.173. The Hall–Kier alpha value is -1.68. The van der Waals surface area contributed by atoms with Gasteiger partial charge in [-0.15, -0.1) is 0 Å². The van der Waals surface area contributed by atoms with E-state index < -0.39 is 0 Å². The standard InChI is InChI=1S/C17H15BrFNO/c18-13-6-4-11(5-7-13)15-10-14(19)8-9-16(15)20-17(21)12-2-1-3-12/h4-10,12H,1-3H2,(H,20,21). The maximum absolute atomic E-state index is 13.6. The molecule has 2 nitrogen and oxygen atoms in total. The molecule has 21 heavy (non-hydrogen) atoms. The molecule has 1 aliphatic carbocycles. The van der Waals surface area contributed by atoms with Crippen LogP contribution in [0.25, 0.3) is 11.1 Å². The fraction of sp³-hybridized carbons (Fsp3) is 0.235. The predicted octanol–water partition coefficient (Wildman–Crippen LogP) is 4.99. The van der Waals surface area contributed by atoms with Crippen molar-refractivity contribution in [3.05, 3.63) is 52.8 Å². The van der Waals surface area contributed by atoms with Crippen molar-refractivity contribution < 1.29 is 9.18 Å². The van der Waals surface area contributed by atoms with Crippen LogP contribution < -0.4 is 5.32 Å². The summed E-state index contributed by atoms with van der Waals surface area (Å²) in [6.07, 6.45) is 3.00. The van der Waals surface area contributed by atoms with E-state index in [-0.39, 0.29) is 17.6 Å². The molecule has 108 valence electrons. The van der Waals surface area contributed by atoms with E-state index in [2.05, 4.69) is 21.2 Å². The molecule has 0 aromatic heterocycles. The molecule has 0 spiro atoms. The number of halogens is 2. The Morgan fingerprint density at radius 2 is 1.86 bits per heavy atom. The summed E-state index contributed by atoms with van der Waals surface area (Å²) in [5.41, 5.74) is 2.24. The van der Waals surface area contributed by atoms with Crippen LogP contribution in [0.5, 0.6) is 0 Å². The van der Waals surface area contributed by atoms with Crippen LogP contribution in [0.1, 0.15) is 19.3 Å². The van der Waals surface area contributed by atoms with Crippen LogP contribution in [0.2, 0.25) is 0 Å². The van der Waals surface area contributed by atoms with Gasteiger partial charge in [0.15, 0.2) is 0 Å². The van der Waals surface area contributed by atoms with Gasteiger partial charge in [-0.3, -0.25) is 4.79 Å². The van der Waals surface area contributed by atoms with E-state index in [1.54, 1.807) is 6.07 Å². The largest absolute Gasteiger partial charge is 0.325 e. The Morgan fingerprint density at radius 3 is 2.48 bits per heavy atom. The summed E-state index contributed by atoms with van der Waals surface area (Å²) in [7, 11) is 0. The highest BCUT2D eigenvalue weighted by molar-refractivity contribution is 9.10. The minimum Gasteiger partial charge on any atom is -0.325 e. The number of hydrogen-bond acceptors (Lipinski definition) is 1. The van der Waals surface area contributed by atoms with Crippen molar-refractivity contribution in [1.82, 2.24) is 0 Å². The van der Waals surface area contributed by atoms with Gasteiger partial charge in [-0.05, 0) is 48.7 Å². The molecule has 1 saturated carbocycles. The lowest BCUT2D eigenvalue weighted by atomic mass is 9.84. The third kappa shape index (κ3) is 3.16. The van der Waals surface area contributed by atoms with Crippen molar-refractivity contribution in [2.24, 2.45) is 5.92 Å². The van der Waals surface area contributed by atoms with Crippen LogP contribution in [-0.4, -0.2) is 5.91 Å². The van der Waals surface area contributed by atoms with Crippen molar-refractivity contribution in [2.75, 3.05) is 5.32 Å². The number of hydrogen-bond donors (Lipinski definition) is 1. The van der Waals surface area contributed by atoms with Crippen LogP contribution in [0.4, 0.5) is 10.1 Å². The zero-order chi connectivity index (χ0) is 14.8. The van der Waals surface area contributed by atoms with E-state index in [0.717, 1.165) is 29.3 Å². The zero-order valence-corrected chi connectivity index (χ0v) is 13.0. The van der Waals surface area contributed by atoms with Crippen molar-refractivity contribution in [2.45, 2.75) is 19.3 Å². The number of anilines is 1. The number of carbonyl (C=O) groups excluding carboxylic acids is 1. The van der Waals surface area contributed by atoms with E-state index in [1.165, 1.54) is 12.1 Å². The molecule has 4 heteroatoms. The molecule has 1 fully saturated rings. The number of amides is 1. The van der Waals surface area contributed by atoms with Crippen LogP contribution in [0, 0.1) is 11.7 Å². The minimum atomic E-state index is -0.311. The average Bonchev–Trinajstić information content (AvgIpc) is 2.40. The quantitative estimate of drug-likeness (QED) is 0.832. The molecule has 2 aromatic carbocycles. The highest BCUT2D eigenvalue weighted by atomic mass is 79.9. The summed E-state index contributed by atoms with van der Waals surface area (Å²) < 4.78 is 14.5. The van der Waals surface area contributed by atoms with Crippen molar-refractivity contribution in [1.29, 1.82) is 0 Å². The second-order valence-corrected chi connectivity index (χ2v) is 6.23. The van der Waals surface area contributed by atoms with Gasteiger partial charge in [0.2, 0.25) is 5.91 Å². The Bertz CT molecular complexity index is 665. The van der Waals surface area contributed by atoms with Gasteiger partial charge in [-0.25, -0.2) is 4.39 Å². The monoisotopic (exact) mass is 347 g/mol. The summed E-state index contributed by atoms with van der Waals surface area (Å²) in [4.78, 5) is 12.1. The number of rotatable bonds is 3. The molecular formula is C17H15BrFNO. The van der Waals surface area contributed by atoms with Gasteiger partial charge in [0.1, 0.15) is 5.82 Å². The summed E-state index contributed by atoms with van der Waals surface area (Å²) >= 11 is 3.38. The van der Waals surface area contributed by atoms with E-state index in [4.69, 9.17) is 0 Å². The van der Waals surface area contributed by atoms with Gasteiger partial charge in [0.25, 0.3) is 0 Å². The van der Waals surface area contributed by atoms with Crippen LogP contribution in [-0.2, 0) is 4.79 Å². The molecule has 1 N–H and O–H groups in total. The summed E-state index contributed by atoms with van der Waals surface area (Å²) in [6.45, 7) is 0. The van der Waals surface area contributed by atoms with E-state index in [9.17, 15) is 9.18 Å². The molecule has 0 heterocycles. The number of benzene rings is 2. The van der Waals surface area contributed by atoms with Crippen molar-refractivity contribution >= 4 is 27.5 Å². The lowest BCUT2D eigenvalue weighted by molar-refractivity contribution is -0.122. The normalized spacial score (nSPS) is 14.6.